The van der Waals surface area contributed by atoms with Gasteiger partial charge in [-0.25, -0.2) is 8.42 Å². The van der Waals surface area contributed by atoms with Gasteiger partial charge in [0.25, 0.3) is 10.0 Å². The van der Waals surface area contributed by atoms with E-state index < -0.39 is 10.0 Å². The van der Waals surface area contributed by atoms with E-state index in [1.54, 1.807) is 22.5 Å². The van der Waals surface area contributed by atoms with Crippen LogP contribution in [0.2, 0.25) is 0 Å². The Bertz CT molecular complexity index is 1060. The lowest BCUT2D eigenvalue weighted by Gasteiger charge is -2.37. The lowest BCUT2D eigenvalue weighted by Crippen LogP contribution is -2.43. The molecular formula is C26H35NO5S. The standard InChI is InChI=1S/C26H35NO5S/c1-3-19-5-9-25-21(15-19)6-7-23(4-2)27(25)33(29,30)24-8-10-26(22(16-24)17-28)32-18-20-11-13-31-14-12-20/h5,8-10,15-16,20,23,28H,3-4,6-7,11-14,17-18H2,1-2H3. The molecule has 0 amide bonds. The Hall–Kier alpha value is -2.09. The highest BCUT2D eigenvalue weighted by atomic mass is 32.2. The van der Waals surface area contributed by atoms with Crippen LogP contribution < -0.4 is 9.04 Å². The molecule has 4 rings (SSSR count). The number of fused-ring (bicyclic) bond motifs is 1. The molecule has 0 bridgehead atoms. The first-order valence-corrected chi connectivity index (χ1v) is 13.5. The minimum Gasteiger partial charge on any atom is -0.493 e. The molecule has 2 aliphatic heterocycles. The fourth-order valence-corrected chi connectivity index (χ4v) is 6.66. The summed E-state index contributed by atoms with van der Waals surface area (Å²) in [7, 11) is -3.79. The maximum Gasteiger partial charge on any atom is 0.264 e. The summed E-state index contributed by atoms with van der Waals surface area (Å²) in [5.41, 5.74) is 3.57. The van der Waals surface area contributed by atoms with Crippen molar-refractivity contribution in [2.45, 2.75) is 69.9 Å². The van der Waals surface area contributed by atoms with E-state index in [9.17, 15) is 13.5 Å². The van der Waals surface area contributed by atoms with Crippen LogP contribution in [0.3, 0.4) is 0 Å². The summed E-state index contributed by atoms with van der Waals surface area (Å²) >= 11 is 0. The second kappa shape index (κ2) is 10.5. The lowest BCUT2D eigenvalue weighted by molar-refractivity contribution is 0.0494. The first kappa shape index (κ1) is 24.0. The summed E-state index contributed by atoms with van der Waals surface area (Å²) in [6.45, 7) is 5.89. The third kappa shape index (κ3) is 5.05. The highest BCUT2D eigenvalue weighted by molar-refractivity contribution is 7.92. The zero-order chi connectivity index (χ0) is 23.4. The molecule has 2 heterocycles. The molecule has 0 aliphatic carbocycles. The van der Waals surface area contributed by atoms with Crippen LogP contribution in [0.1, 0.15) is 56.2 Å². The molecule has 0 aromatic heterocycles. The Balaban J connectivity index is 1.63. The van der Waals surface area contributed by atoms with Crippen molar-refractivity contribution in [1.82, 2.24) is 0 Å². The molecule has 1 atom stereocenters. The Kier molecular flexibility index (Phi) is 7.62. The number of anilines is 1. The van der Waals surface area contributed by atoms with Crippen molar-refractivity contribution in [2.75, 3.05) is 24.1 Å². The highest BCUT2D eigenvalue weighted by Gasteiger charge is 2.35. The van der Waals surface area contributed by atoms with E-state index in [-0.39, 0.29) is 17.5 Å². The average Bonchev–Trinajstić information content (AvgIpc) is 2.86. The van der Waals surface area contributed by atoms with E-state index in [1.807, 2.05) is 19.1 Å². The predicted octanol–water partition coefficient (Wildman–Crippen LogP) is 4.47. The fraction of sp³-hybridized carbons (Fsp3) is 0.538. The molecule has 180 valence electrons. The van der Waals surface area contributed by atoms with E-state index in [4.69, 9.17) is 9.47 Å². The number of aryl methyl sites for hydroxylation is 2. The molecule has 2 aliphatic rings. The normalized spacial score (nSPS) is 19.4. The monoisotopic (exact) mass is 473 g/mol. The largest absolute Gasteiger partial charge is 0.493 e. The number of ether oxygens (including phenoxy) is 2. The molecule has 0 spiro atoms. The maximum atomic E-state index is 13.8. The number of aliphatic hydroxyl groups excluding tert-OH is 1. The maximum absolute atomic E-state index is 13.8. The molecule has 6 nitrogen and oxygen atoms in total. The second-order valence-corrected chi connectivity index (χ2v) is 10.8. The number of hydrogen-bond acceptors (Lipinski definition) is 5. The smallest absolute Gasteiger partial charge is 0.264 e. The van der Waals surface area contributed by atoms with Crippen LogP contribution in [0, 0.1) is 5.92 Å². The topological polar surface area (TPSA) is 76.1 Å². The summed E-state index contributed by atoms with van der Waals surface area (Å²) in [6.07, 6.45) is 5.25. The van der Waals surface area contributed by atoms with Gasteiger partial charge in [0.15, 0.2) is 0 Å². The summed E-state index contributed by atoms with van der Waals surface area (Å²) in [6, 6.07) is 10.9. The molecule has 1 N–H and O–H groups in total. The number of rotatable bonds is 8. The summed E-state index contributed by atoms with van der Waals surface area (Å²) in [5, 5.41) is 9.96. The van der Waals surface area contributed by atoms with Gasteiger partial charge in [0.2, 0.25) is 0 Å². The van der Waals surface area contributed by atoms with Crippen molar-refractivity contribution in [2.24, 2.45) is 5.92 Å². The molecule has 7 heteroatoms. The average molecular weight is 474 g/mol. The van der Waals surface area contributed by atoms with Crippen molar-refractivity contribution in [3.8, 4) is 5.75 Å². The van der Waals surface area contributed by atoms with Crippen LogP contribution >= 0.6 is 0 Å². The summed E-state index contributed by atoms with van der Waals surface area (Å²) in [4.78, 5) is 0.191. The first-order chi connectivity index (χ1) is 16.0. The van der Waals surface area contributed by atoms with Gasteiger partial charge in [0.05, 0.1) is 23.8 Å². The SMILES string of the molecule is CCc1ccc2c(c1)CCC(CC)N2S(=O)(=O)c1ccc(OCC2CCOCC2)c(CO)c1. The van der Waals surface area contributed by atoms with Crippen molar-refractivity contribution >= 4 is 15.7 Å². The first-order valence-electron chi connectivity index (χ1n) is 12.1. The minimum atomic E-state index is -3.79. The third-order valence-electron chi connectivity index (χ3n) is 6.91. The van der Waals surface area contributed by atoms with Crippen LogP contribution in [0.5, 0.6) is 5.75 Å². The molecule has 2 aromatic rings. The molecule has 1 fully saturated rings. The van der Waals surface area contributed by atoms with Gasteiger partial charge in [-0.1, -0.05) is 26.0 Å². The van der Waals surface area contributed by atoms with Crippen LogP contribution in [-0.4, -0.2) is 39.4 Å². The molecule has 0 radical (unpaired) electrons. The van der Waals surface area contributed by atoms with E-state index in [0.717, 1.165) is 63.0 Å². The Labute approximate surface area is 197 Å². The second-order valence-electron chi connectivity index (χ2n) is 9.01. The quantitative estimate of drug-likeness (QED) is 0.612. The number of nitrogens with zero attached hydrogens (tertiary/aromatic N) is 1. The van der Waals surface area contributed by atoms with Crippen molar-refractivity contribution < 1.29 is 23.0 Å². The van der Waals surface area contributed by atoms with E-state index in [0.29, 0.717) is 23.8 Å². The number of hydrogen-bond donors (Lipinski definition) is 1. The Morgan fingerprint density at radius 3 is 2.58 bits per heavy atom. The van der Waals surface area contributed by atoms with E-state index in [2.05, 4.69) is 13.0 Å². The Morgan fingerprint density at radius 2 is 1.88 bits per heavy atom. The van der Waals surface area contributed by atoms with Gasteiger partial charge >= 0.3 is 0 Å². The van der Waals surface area contributed by atoms with Gasteiger partial charge in [-0.2, -0.15) is 0 Å². The molecule has 33 heavy (non-hydrogen) atoms. The van der Waals surface area contributed by atoms with Gasteiger partial charge < -0.3 is 14.6 Å². The zero-order valence-corrected chi connectivity index (χ0v) is 20.4. The third-order valence-corrected chi connectivity index (χ3v) is 8.78. The van der Waals surface area contributed by atoms with E-state index >= 15 is 0 Å². The zero-order valence-electron chi connectivity index (χ0n) is 19.6. The van der Waals surface area contributed by atoms with Crippen LogP contribution in [0.4, 0.5) is 5.69 Å². The van der Waals surface area contributed by atoms with Gasteiger partial charge in [-0.3, -0.25) is 4.31 Å². The van der Waals surface area contributed by atoms with Crippen molar-refractivity contribution in [1.29, 1.82) is 0 Å². The molecule has 1 saturated heterocycles. The van der Waals surface area contributed by atoms with Gasteiger partial charge in [-0.15, -0.1) is 0 Å². The highest BCUT2D eigenvalue weighted by Crippen LogP contribution is 2.38. The van der Waals surface area contributed by atoms with Crippen molar-refractivity contribution in [3.05, 3.63) is 53.1 Å². The molecule has 0 saturated carbocycles. The van der Waals surface area contributed by atoms with Gasteiger partial charge in [0.1, 0.15) is 5.75 Å². The number of benzene rings is 2. The summed E-state index contributed by atoms with van der Waals surface area (Å²) < 4.78 is 40.7. The fourth-order valence-electron chi connectivity index (χ4n) is 4.82. The molecule has 1 unspecified atom stereocenters. The molecule has 2 aromatic carbocycles. The van der Waals surface area contributed by atoms with Crippen LogP contribution in [-0.2, 0) is 34.2 Å². The van der Waals surface area contributed by atoms with Gasteiger partial charge in [0, 0.05) is 24.8 Å². The van der Waals surface area contributed by atoms with Crippen molar-refractivity contribution in [3.63, 3.8) is 0 Å². The molecular weight excluding hydrogens is 438 g/mol. The lowest BCUT2D eigenvalue weighted by atomic mass is 9.94. The van der Waals surface area contributed by atoms with Gasteiger partial charge in [-0.05, 0) is 79.8 Å². The predicted molar refractivity (Wildman–Crippen MR) is 129 cm³/mol. The Morgan fingerprint density at radius 1 is 1.09 bits per heavy atom. The summed E-state index contributed by atoms with van der Waals surface area (Å²) in [5.74, 6) is 0.957. The van der Waals surface area contributed by atoms with Crippen LogP contribution in [0.25, 0.3) is 0 Å². The number of aliphatic hydroxyl groups is 1. The van der Waals surface area contributed by atoms with Crippen LogP contribution in [0.15, 0.2) is 41.3 Å². The minimum absolute atomic E-state index is 0.0861. The van der Waals surface area contributed by atoms with E-state index in [1.165, 1.54) is 5.56 Å². The number of sulfonamides is 1.